The van der Waals surface area contributed by atoms with Crippen LogP contribution in [0.5, 0.6) is 0 Å². The third-order valence-electron chi connectivity index (χ3n) is 3.78. The Morgan fingerprint density at radius 2 is 2.08 bits per heavy atom. The standard InChI is InChI=1S/C18H15N5S/c19-17-6-4-14(11-21-17)23-8-7-12-10-13(3-5-15(12)23)22-18(20)16-2-1-9-24-16/h1-11H,(H2,19,21)(H2,20,22). The number of nitrogens with zero attached hydrogens (tertiary/aromatic N) is 2. The highest BCUT2D eigenvalue weighted by Crippen LogP contribution is 2.24. The van der Waals surface area contributed by atoms with Gasteiger partial charge in [-0.2, -0.15) is 0 Å². The second-order valence-electron chi connectivity index (χ2n) is 5.38. The van der Waals surface area contributed by atoms with Gasteiger partial charge in [0, 0.05) is 17.3 Å². The number of nitrogens with two attached hydrogens (primary N) is 1. The lowest BCUT2D eigenvalue weighted by molar-refractivity contribution is 1.10. The summed E-state index contributed by atoms with van der Waals surface area (Å²) in [6.07, 6.45) is 3.76. The fraction of sp³-hybridized carbons (Fsp3) is 0. The van der Waals surface area contributed by atoms with Gasteiger partial charge in [0.15, 0.2) is 0 Å². The molecule has 4 aromatic rings. The van der Waals surface area contributed by atoms with Crippen molar-refractivity contribution in [3.63, 3.8) is 0 Å². The van der Waals surface area contributed by atoms with Crippen LogP contribution >= 0.6 is 11.3 Å². The monoisotopic (exact) mass is 333 g/mol. The first-order valence-electron chi connectivity index (χ1n) is 7.43. The maximum absolute atomic E-state index is 8.13. The van der Waals surface area contributed by atoms with Crippen molar-refractivity contribution in [1.29, 1.82) is 5.41 Å². The average molecular weight is 333 g/mol. The fourth-order valence-electron chi connectivity index (χ4n) is 2.61. The number of hydrogen-bond donors (Lipinski definition) is 3. The lowest BCUT2D eigenvalue weighted by atomic mass is 10.2. The van der Waals surface area contributed by atoms with Crippen molar-refractivity contribution in [2.24, 2.45) is 0 Å². The topological polar surface area (TPSA) is 79.7 Å². The first-order valence-corrected chi connectivity index (χ1v) is 8.31. The van der Waals surface area contributed by atoms with E-state index in [2.05, 4.69) is 14.9 Å². The van der Waals surface area contributed by atoms with Crippen molar-refractivity contribution >= 4 is 39.6 Å². The molecule has 0 fully saturated rings. The van der Waals surface area contributed by atoms with Crippen LogP contribution in [0.15, 0.2) is 66.3 Å². The number of amidine groups is 1. The van der Waals surface area contributed by atoms with E-state index < -0.39 is 0 Å². The molecule has 0 atom stereocenters. The van der Waals surface area contributed by atoms with Crippen molar-refractivity contribution in [3.05, 3.63) is 71.2 Å². The molecule has 1 aromatic carbocycles. The first-order chi connectivity index (χ1) is 11.7. The molecule has 4 N–H and O–H groups in total. The molecule has 0 aliphatic rings. The zero-order valence-electron chi connectivity index (χ0n) is 12.7. The van der Waals surface area contributed by atoms with Gasteiger partial charge in [-0.05, 0) is 47.8 Å². The summed E-state index contributed by atoms with van der Waals surface area (Å²) < 4.78 is 2.07. The maximum atomic E-state index is 8.13. The zero-order valence-corrected chi connectivity index (χ0v) is 13.5. The number of nitrogen functional groups attached to an aromatic ring is 1. The van der Waals surface area contributed by atoms with E-state index in [4.69, 9.17) is 11.1 Å². The van der Waals surface area contributed by atoms with Crippen LogP contribution in [-0.2, 0) is 0 Å². The average Bonchev–Trinajstić information content (AvgIpc) is 3.25. The lowest BCUT2D eigenvalue weighted by Gasteiger charge is -2.08. The molecule has 0 spiro atoms. The number of nitrogens with one attached hydrogen (secondary N) is 2. The summed E-state index contributed by atoms with van der Waals surface area (Å²) in [4.78, 5) is 5.06. The molecule has 6 heteroatoms. The molecule has 0 bridgehead atoms. The highest BCUT2D eigenvalue weighted by Gasteiger charge is 2.07. The van der Waals surface area contributed by atoms with Crippen molar-refractivity contribution in [1.82, 2.24) is 9.55 Å². The predicted molar refractivity (Wildman–Crippen MR) is 100 cm³/mol. The molecule has 3 heterocycles. The minimum absolute atomic E-state index is 0.409. The summed E-state index contributed by atoms with van der Waals surface area (Å²) >= 11 is 1.55. The second-order valence-corrected chi connectivity index (χ2v) is 6.33. The molecule has 24 heavy (non-hydrogen) atoms. The Kier molecular flexibility index (Phi) is 3.51. The molecule has 0 radical (unpaired) electrons. The molecule has 118 valence electrons. The Morgan fingerprint density at radius 1 is 1.17 bits per heavy atom. The number of rotatable bonds is 3. The van der Waals surface area contributed by atoms with Gasteiger partial charge >= 0.3 is 0 Å². The molecule has 0 aliphatic carbocycles. The van der Waals surface area contributed by atoms with Crippen LogP contribution < -0.4 is 11.1 Å². The van der Waals surface area contributed by atoms with Gasteiger partial charge in [-0.25, -0.2) is 4.98 Å². The number of benzene rings is 1. The van der Waals surface area contributed by atoms with Crippen molar-refractivity contribution in [2.45, 2.75) is 0 Å². The number of pyridine rings is 1. The molecule has 3 aromatic heterocycles. The van der Waals surface area contributed by atoms with Crippen LogP contribution in [0.4, 0.5) is 11.5 Å². The Hall–Kier alpha value is -3.12. The van der Waals surface area contributed by atoms with E-state index in [9.17, 15) is 0 Å². The molecule has 0 unspecified atom stereocenters. The molecule has 4 rings (SSSR count). The van der Waals surface area contributed by atoms with Gasteiger partial charge in [0.1, 0.15) is 11.7 Å². The minimum Gasteiger partial charge on any atom is -0.384 e. The minimum atomic E-state index is 0.409. The van der Waals surface area contributed by atoms with Crippen molar-refractivity contribution < 1.29 is 0 Å². The van der Waals surface area contributed by atoms with Crippen LogP contribution in [0, 0.1) is 5.41 Å². The Morgan fingerprint density at radius 3 is 2.83 bits per heavy atom. The number of hydrogen-bond acceptors (Lipinski definition) is 4. The zero-order chi connectivity index (χ0) is 16.5. The van der Waals surface area contributed by atoms with Gasteiger partial charge < -0.3 is 15.6 Å². The lowest BCUT2D eigenvalue weighted by Crippen LogP contribution is -2.09. The summed E-state index contributed by atoms with van der Waals surface area (Å²) in [6.45, 7) is 0. The van der Waals surface area contributed by atoms with Crippen LogP contribution in [0.1, 0.15) is 4.88 Å². The van der Waals surface area contributed by atoms with E-state index in [1.54, 1.807) is 23.6 Å². The molecule has 0 saturated heterocycles. The van der Waals surface area contributed by atoms with Crippen LogP contribution in [-0.4, -0.2) is 15.4 Å². The number of aromatic nitrogens is 2. The van der Waals surface area contributed by atoms with E-state index in [0.717, 1.165) is 27.2 Å². The van der Waals surface area contributed by atoms with Crippen LogP contribution in [0.3, 0.4) is 0 Å². The smallest absolute Gasteiger partial charge is 0.140 e. The molecular weight excluding hydrogens is 318 g/mol. The summed E-state index contributed by atoms with van der Waals surface area (Å²) in [5.41, 5.74) is 8.59. The number of thiophene rings is 1. The third kappa shape index (κ3) is 2.63. The quantitative estimate of drug-likeness (QED) is 0.390. The van der Waals surface area contributed by atoms with Crippen molar-refractivity contribution in [3.8, 4) is 5.69 Å². The molecule has 0 amide bonds. The Bertz CT molecular complexity index is 1000. The van der Waals surface area contributed by atoms with Gasteiger partial charge in [0.2, 0.25) is 0 Å². The Labute approximate surface area is 142 Å². The van der Waals surface area contributed by atoms with E-state index in [1.807, 2.05) is 54.0 Å². The van der Waals surface area contributed by atoms with Crippen molar-refractivity contribution in [2.75, 3.05) is 11.1 Å². The van der Waals surface area contributed by atoms with E-state index >= 15 is 0 Å². The van der Waals surface area contributed by atoms with Gasteiger partial charge in [-0.15, -0.1) is 11.3 Å². The van der Waals surface area contributed by atoms with E-state index in [-0.39, 0.29) is 0 Å². The highest BCUT2D eigenvalue weighted by molar-refractivity contribution is 7.12. The number of fused-ring (bicyclic) bond motifs is 1. The molecule has 5 nitrogen and oxygen atoms in total. The first kappa shape index (κ1) is 14.5. The predicted octanol–water partition coefficient (Wildman–Crippen LogP) is 4.11. The largest absolute Gasteiger partial charge is 0.384 e. The van der Waals surface area contributed by atoms with E-state index in [0.29, 0.717) is 11.7 Å². The second kappa shape index (κ2) is 5.82. The molecular formula is C18H15N5S. The van der Waals surface area contributed by atoms with Gasteiger partial charge in [0.25, 0.3) is 0 Å². The Balaban J connectivity index is 1.65. The van der Waals surface area contributed by atoms with Gasteiger partial charge in [-0.1, -0.05) is 6.07 Å². The normalized spacial score (nSPS) is 10.8. The number of anilines is 2. The van der Waals surface area contributed by atoms with Gasteiger partial charge in [-0.3, -0.25) is 5.41 Å². The van der Waals surface area contributed by atoms with Crippen LogP contribution in [0.2, 0.25) is 0 Å². The summed E-state index contributed by atoms with van der Waals surface area (Å²) in [7, 11) is 0. The van der Waals surface area contributed by atoms with E-state index in [1.165, 1.54) is 0 Å². The molecule has 0 aliphatic heterocycles. The molecule has 0 saturated carbocycles. The fourth-order valence-corrected chi connectivity index (χ4v) is 3.24. The summed E-state index contributed by atoms with van der Waals surface area (Å²) in [5.74, 6) is 0.917. The summed E-state index contributed by atoms with van der Waals surface area (Å²) in [5, 5.41) is 14.3. The maximum Gasteiger partial charge on any atom is 0.140 e. The third-order valence-corrected chi connectivity index (χ3v) is 4.66. The van der Waals surface area contributed by atoms with Crippen LogP contribution in [0.25, 0.3) is 16.6 Å². The summed E-state index contributed by atoms with van der Waals surface area (Å²) in [6, 6.07) is 15.7. The van der Waals surface area contributed by atoms with Gasteiger partial charge in [0.05, 0.1) is 22.3 Å². The highest BCUT2D eigenvalue weighted by atomic mass is 32.1. The SMILES string of the molecule is N=C(Nc1ccc2c(ccn2-c2ccc(N)nc2)c1)c1cccs1.